The van der Waals surface area contributed by atoms with Gasteiger partial charge in [0, 0.05) is 26.4 Å². The van der Waals surface area contributed by atoms with E-state index in [0.29, 0.717) is 25.9 Å². The second-order valence-corrected chi connectivity index (χ2v) is 12.0. The summed E-state index contributed by atoms with van der Waals surface area (Å²) in [6.45, 7) is 10.5. The summed E-state index contributed by atoms with van der Waals surface area (Å²) >= 11 is 0. The first-order valence-corrected chi connectivity index (χ1v) is 12.4. The van der Waals surface area contributed by atoms with Gasteiger partial charge >= 0.3 is 8.32 Å². The number of epoxide rings is 1. The van der Waals surface area contributed by atoms with Crippen molar-refractivity contribution in [3.63, 3.8) is 0 Å². The molecule has 1 aliphatic rings. The Kier molecular flexibility index (Phi) is 9.13. The first kappa shape index (κ1) is 17.3. The predicted molar refractivity (Wildman–Crippen MR) is 79.2 cm³/mol. The van der Waals surface area contributed by atoms with Crippen molar-refractivity contribution in [1.82, 2.24) is 0 Å². The molecular weight excluding hydrogens is 280 g/mol. The largest absolute Gasteiger partial charge is 0.462 e. The van der Waals surface area contributed by atoms with Crippen LogP contribution in [0.15, 0.2) is 0 Å². The summed E-state index contributed by atoms with van der Waals surface area (Å²) in [6, 6.07) is 1.15. The van der Waals surface area contributed by atoms with Crippen molar-refractivity contribution in [1.29, 1.82) is 0 Å². The molecule has 1 fully saturated rings. The van der Waals surface area contributed by atoms with Gasteiger partial charge in [0.05, 0.1) is 13.2 Å². The van der Waals surface area contributed by atoms with E-state index >= 15 is 0 Å². The lowest BCUT2D eigenvalue weighted by Crippen LogP contribution is -2.52. The van der Waals surface area contributed by atoms with Crippen LogP contribution in [0.3, 0.4) is 0 Å². The highest BCUT2D eigenvalue weighted by atomic mass is 29.2. The molecule has 1 aliphatic heterocycles. The Morgan fingerprint density at radius 3 is 2.16 bits per heavy atom. The third kappa shape index (κ3) is 7.55. The zero-order valence-corrected chi connectivity index (χ0v) is 14.9. The summed E-state index contributed by atoms with van der Waals surface area (Å²) in [5.41, 5.74) is 0. The molecule has 0 spiro atoms. The Morgan fingerprint density at radius 2 is 1.68 bits per heavy atom. The summed E-state index contributed by atoms with van der Waals surface area (Å²) < 4.78 is 28.2. The fourth-order valence-corrected chi connectivity index (χ4v) is 10.0. The number of rotatable bonds is 13. The molecule has 0 saturated carbocycles. The normalized spacial score (nSPS) is 19.4. The number of hydrogen-bond donors (Lipinski definition) is 0. The molecule has 19 heavy (non-hydrogen) atoms. The molecule has 0 aliphatic carbocycles. The van der Waals surface area contributed by atoms with Crippen LogP contribution < -0.4 is 0 Å². The minimum Gasteiger partial charge on any atom is -0.379 e. The van der Waals surface area contributed by atoms with Gasteiger partial charge in [0.15, 0.2) is 0 Å². The Labute approximate surface area is 119 Å². The Hall–Kier alpha value is 0.234. The third-order valence-electron chi connectivity index (χ3n) is 2.82. The van der Waals surface area contributed by atoms with Crippen LogP contribution >= 0.6 is 0 Å². The monoisotopic (exact) mass is 308 g/mol. The van der Waals surface area contributed by atoms with Crippen molar-refractivity contribution in [3.05, 3.63) is 0 Å². The fraction of sp³-hybridized carbons (Fsp3) is 1.00. The highest BCUT2D eigenvalue weighted by Crippen LogP contribution is 2.12. The molecule has 0 radical (unpaired) electrons. The van der Waals surface area contributed by atoms with Crippen molar-refractivity contribution in [2.45, 2.75) is 39.3 Å². The molecule has 7 heteroatoms. The summed E-state index contributed by atoms with van der Waals surface area (Å²) in [5.74, 6) is 0. The molecule has 0 N–H and O–H groups in total. The van der Waals surface area contributed by atoms with Gasteiger partial charge in [0.2, 0.25) is 0 Å². The maximum absolute atomic E-state index is 5.86. The fourth-order valence-electron chi connectivity index (χ4n) is 1.93. The molecule has 5 nitrogen and oxygen atoms in total. The lowest BCUT2D eigenvalue weighted by molar-refractivity contribution is 0.0924. The van der Waals surface area contributed by atoms with Gasteiger partial charge in [-0.2, -0.15) is 0 Å². The van der Waals surface area contributed by atoms with Crippen LogP contribution in [-0.4, -0.2) is 63.1 Å². The Bertz CT molecular complexity index is 209. The van der Waals surface area contributed by atoms with E-state index in [1.165, 1.54) is 0 Å². The molecule has 0 bridgehead atoms. The first-order chi connectivity index (χ1) is 9.26. The van der Waals surface area contributed by atoms with E-state index in [4.69, 9.17) is 22.8 Å². The van der Waals surface area contributed by atoms with E-state index in [1.54, 1.807) is 0 Å². The molecule has 1 atom stereocenters. The van der Waals surface area contributed by atoms with E-state index in [0.717, 1.165) is 32.3 Å². The van der Waals surface area contributed by atoms with Gasteiger partial charge in [-0.05, 0) is 27.2 Å². The van der Waals surface area contributed by atoms with Gasteiger partial charge in [0.1, 0.15) is 15.1 Å². The third-order valence-corrected chi connectivity index (χ3v) is 11.2. The van der Waals surface area contributed by atoms with Crippen molar-refractivity contribution >= 4 is 17.4 Å². The minimum atomic E-state index is -2.31. The maximum Gasteiger partial charge on any atom is 0.462 e. The van der Waals surface area contributed by atoms with Gasteiger partial charge in [-0.15, -0.1) is 0 Å². The lowest BCUT2D eigenvalue weighted by Gasteiger charge is -2.28. The van der Waals surface area contributed by atoms with E-state index in [9.17, 15) is 0 Å². The number of hydrogen-bond acceptors (Lipinski definition) is 5. The van der Waals surface area contributed by atoms with Crippen molar-refractivity contribution < 1.29 is 22.8 Å². The van der Waals surface area contributed by atoms with E-state index in [1.807, 2.05) is 20.8 Å². The lowest BCUT2D eigenvalue weighted by atomic mass is 10.5. The molecule has 1 rings (SSSR count). The van der Waals surface area contributed by atoms with Gasteiger partial charge in [0.25, 0.3) is 0 Å². The van der Waals surface area contributed by atoms with Crippen molar-refractivity contribution in [2.24, 2.45) is 0 Å². The first-order valence-electron chi connectivity index (χ1n) is 7.37. The van der Waals surface area contributed by atoms with E-state index in [-0.39, 0.29) is 0 Å². The van der Waals surface area contributed by atoms with Crippen LogP contribution in [0.4, 0.5) is 0 Å². The standard InChI is InChI=1S/C12H28O5Si2/c1-4-15-19(16-5-2,17-6-3)18-9-7-8-13-10-12-11-14-12/h12H,4-11,18H2,1-3H3. The van der Waals surface area contributed by atoms with E-state index in [2.05, 4.69) is 0 Å². The van der Waals surface area contributed by atoms with E-state index < -0.39 is 17.4 Å². The zero-order chi connectivity index (χ0) is 14.0. The topological polar surface area (TPSA) is 49.5 Å². The molecule has 1 heterocycles. The maximum atomic E-state index is 5.86. The van der Waals surface area contributed by atoms with Gasteiger partial charge in [-0.3, -0.25) is 0 Å². The Morgan fingerprint density at radius 1 is 1.11 bits per heavy atom. The Balaban J connectivity index is 2.17. The summed E-state index contributed by atoms with van der Waals surface area (Å²) in [6.07, 6.45) is 1.43. The van der Waals surface area contributed by atoms with Crippen LogP contribution in [0, 0.1) is 0 Å². The number of ether oxygens (including phenoxy) is 2. The second kappa shape index (κ2) is 10.0. The van der Waals surface area contributed by atoms with Crippen LogP contribution in [-0.2, 0) is 22.8 Å². The van der Waals surface area contributed by atoms with Crippen molar-refractivity contribution in [2.75, 3.05) is 39.6 Å². The van der Waals surface area contributed by atoms with Crippen LogP contribution in [0.2, 0.25) is 6.04 Å². The zero-order valence-electron chi connectivity index (χ0n) is 12.5. The quantitative estimate of drug-likeness (QED) is 0.288. The summed E-state index contributed by atoms with van der Waals surface area (Å²) in [5, 5.41) is 0. The van der Waals surface area contributed by atoms with Crippen LogP contribution in [0.25, 0.3) is 0 Å². The summed E-state index contributed by atoms with van der Waals surface area (Å²) in [4.78, 5) is 0. The van der Waals surface area contributed by atoms with Gasteiger partial charge < -0.3 is 22.8 Å². The highest BCUT2D eigenvalue weighted by molar-refractivity contribution is 7.14. The van der Waals surface area contributed by atoms with Gasteiger partial charge in [-0.25, -0.2) is 0 Å². The van der Waals surface area contributed by atoms with Crippen LogP contribution in [0.1, 0.15) is 27.2 Å². The molecule has 1 unspecified atom stereocenters. The smallest absolute Gasteiger partial charge is 0.379 e. The SMILES string of the molecule is CCO[Si](OCC)(OCC)[SiH2]CCCOCC1CO1. The van der Waals surface area contributed by atoms with Crippen molar-refractivity contribution in [3.8, 4) is 0 Å². The predicted octanol–water partition coefficient (Wildman–Crippen LogP) is 0.924. The average molecular weight is 309 g/mol. The minimum absolute atomic E-state index is 0.362. The van der Waals surface area contributed by atoms with Gasteiger partial charge in [-0.1, -0.05) is 6.04 Å². The molecule has 0 amide bonds. The van der Waals surface area contributed by atoms with Crippen LogP contribution in [0.5, 0.6) is 0 Å². The molecule has 114 valence electrons. The second-order valence-electron chi connectivity index (χ2n) is 4.47. The highest BCUT2D eigenvalue weighted by Gasteiger charge is 2.39. The summed E-state index contributed by atoms with van der Waals surface area (Å²) in [7, 11) is -2.79. The molecule has 0 aromatic carbocycles. The average Bonchev–Trinajstić information content (AvgIpc) is 3.19. The molecule has 0 aromatic rings. The molecule has 1 saturated heterocycles. The molecule has 0 aromatic heterocycles. The molecular formula is C12H28O5Si2.